The van der Waals surface area contributed by atoms with Gasteiger partial charge in [0.15, 0.2) is 5.82 Å². The summed E-state index contributed by atoms with van der Waals surface area (Å²) in [6.07, 6.45) is 0. The van der Waals surface area contributed by atoms with E-state index in [4.69, 9.17) is 4.74 Å². The minimum Gasteiger partial charge on any atom is -0.489 e. The molecule has 26 heavy (non-hydrogen) atoms. The summed E-state index contributed by atoms with van der Waals surface area (Å²) in [5, 5.41) is 8.24. The van der Waals surface area contributed by atoms with E-state index in [1.165, 1.54) is 0 Å². The van der Waals surface area contributed by atoms with Gasteiger partial charge in [-0.2, -0.15) is 0 Å². The molecule has 2 aromatic carbocycles. The van der Waals surface area contributed by atoms with Gasteiger partial charge < -0.3 is 14.2 Å². The number of nitrogens with zero attached hydrogens (tertiary/aromatic N) is 4. The van der Waals surface area contributed by atoms with Crippen molar-refractivity contribution in [3.8, 4) is 5.75 Å². The van der Waals surface area contributed by atoms with Crippen LogP contribution in [0.3, 0.4) is 0 Å². The van der Waals surface area contributed by atoms with Crippen molar-refractivity contribution < 1.29 is 9.53 Å². The quantitative estimate of drug-likeness (QED) is 0.727. The number of fused-ring (bicyclic) bond motifs is 1. The van der Waals surface area contributed by atoms with Crippen molar-refractivity contribution >= 4 is 5.91 Å². The van der Waals surface area contributed by atoms with Crippen molar-refractivity contribution in [3.63, 3.8) is 0 Å². The number of aromatic nitrogens is 3. The summed E-state index contributed by atoms with van der Waals surface area (Å²) in [4.78, 5) is 14.7. The lowest BCUT2D eigenvalue weighted by atomic mass is 10.1. The van der Waals surface area contributed by atoms with E-state index in [1.54, 1.807) is 11.0 Å². The molecule has 2 heterocycles. The SMILES string of the molecule is Cc1nnc2n1CCN(C(=O)c1cccc(OCc3ccccc3)c1)C2. The number of rotatable bonds is 4. The minimum absolute atomic E-state index is 0.0120. The molecular weight excluding hydrogens is 328 g/mol. The highest BCUT2D eigenvalue weighted by atomic mass is 16.5. The first-order valence-electron chi connectivity index (χ1n) is 8.65. The lowest BCUT2D eigenvalue weighted by Crippen LogP contribution is -2.38. The lowest BCUT2D eigenvalue weighted by molar-refractivity contribution is 0.0706. The molecule has 0 N–H and O–H groups in total. The number of aryl methyl sites for hydroxylation is 1. The monoisotopic (exact) mass is 348 g/mol. The minimum atomic E-state index is -0.0120. The third kappa shape index (κ3) is 3.31. The van der Waals surface area contributed by atoms with Crippen LogP contribution in [-0.4, -0.2) is 32.1 Å². The predicted octanol–water partition coefficient (Wildman–Crippen LogP) is 2.82. The Balaban J connectivity index is 1.45. The van der Waals surface area contributed by atoms with Crippen LogP contribution in [0.4, 0.5) is 0 Å². The molecule has 6 nitrogen and oxygen atoms in total. The number of carbonyl (C=O) groups is 1. The van der Waals surface area contributed by atoms with Crippen LogP contribution in [0.25, 0.3) is 0 Å². The van der Waals surface area contributed by atoms with Crippen LogP contribution < -0.4 is 4.74 Å². The first-order valence-corrected chi connectivity index (χ1v) is 8.65. The number of hydrogen-bond acceptors (Lipinski definition) is 4. The maximum atomic E-state index is 12.9. The molecule has 0 bridgehead atoms. The Morgan fingerprint density at radius 1 is 1.08 bits per heavy atom. The van der Waals surface area contributed by atoms with Gasteiger partial charge in [-0.15, -0.1) is 10.2 Å². The predicted molar refractivity (Wildman–Crippen MR) is 96.7 cm³/mol. The fourth-order valence-electron chi connectivity index (χ4n) is 3.12. The topological polar surface area (TPSA) is 60.2 Å². The Morgan fingerprint density at radius 3 is 2.77 bits per heavy atom. The van der Waals surface area contributed by atoms with Crippen LogP contribution >= 0.6 is 0 Å². The van der Waals surface area contributed by atoms with Crippen molar-refractivity contribution in [3.05, 3.63) is 77.4 Å². The summed E-state index contributed by atoms with van der Waals surface area (Å²) in [6, 6.07) is 17.3. The first-order chi connectivity index (χ1) is 12.7. The van der Waals surface area contributed by atoms with Gasteiger partial charge in [0.1, 0.15) is 18.2 Å². The molecule has 132 valence electrons. The van der Waals surface area contributed by atoms with Gasteiger partial charge in [0.05, 0.1) is 6.54 Å². The summed E-state index contributed by atoms with van der Waals surface area (Å²) in [5.74, 6) is 2.40. The van der Waals surface area contributed by atoms with Crippen LogP contribution in [0.15, 0.2) is 54.6 Å². The van der Waals surface area contributed by atoms with Gasteiger partial charge in [-0.05, 0) is 30.7 Å². The molecule has 6 heteroatoms. The van der Waals surface area contributed by atoms with Crippen molar-refractivity contribution in [1.29, 1.82) is 0 Å². The summed E-state index contributed by atoms with van der Waals surface area (Å²) in [7, 11) is 0. The number of hydrogen-bond donors (Lipinski definition) is 0. The highest BCUT2D eigenvalue weighted by molar-refractivity contribution is 5.94. The zero-order valence-electron chi connectivity index (χ0n) is 14.6. The zero-order chi connectivity index (χ0) is 17.9. The smallest absolute Gasteiger partial charge is 0.254 e. The standard InChI is InChI=1S/C20H20N4O2/c1-15-21-22-19-13-23(10-11-24(15)19)20(25)17-8-5-9-18(12-17)26-14-16-6-3-2-4-7-16/h2-9,12H,10-11,13-14H2,1H3. The third-order valence-corrected chi connectivity index (χ3v) is 4.55. The van der Waals surface area contributed by atoms with Crippen molar-refractivity contribution in [2.24, 2.45) is 0 Å². The summed E-state index contributed by atoms with van der Waals surface area (Å²) < 4.78 is 7.89. The summed E-state index contributed by atoms with van der Waals surface area (Å²) in [6.45, 7) is 4.27. The van der Waals surface area contributed by atoms with E-state index in [0.29, 0.717) is 31.0 Å². The molecule has 1 aliphatic rings. The Bertz CT molecular complexity index is 921. The molecule has 0 atom stereocenters. The third-order valence-electron chi connectivity index (χ3n) is 4.55. The van der Waals surface area contributed by atoms with E-state index in [-0.39, 0.29) is 5.91 Å². The second kappa shape index (κ2) is 7.00. The maximum Gasteiger partial charge on any atom is 0.254 e. The van der Waals surface area contributed by atoms with Crippen LogP contribution in [-0.2, 0) is 19.7 Å². The zero-order valence-corrected chi connectivity index (χ0v) is 14.6. The average Bonchev–Trinajstić information content (AvgIpc) is 3.07. The first kappa shape index (κ1) is 16.3. The van der Waals surface area contributed by atoms with Crippen molar-refractivity contribution in [1.82, 2.24) is 19.7 Å². The van der Waals surface area contributed by atoms with Gasteiger partial charge >= 0.3 is 0 Å². The molecule has 0 unspecified atom stereocenters. The van der Waals surface area contributed by atoms with E-state index >= 15 is 0 Å². The van der Waals surface area contributed by atoms with Crippen LogP contribution in [0.5, 0.6) is 5.75 Å². The van der Waals surface area contributed by atoms with Gasteiger partial charge in [0.25, 0.3) is 5.91 Å². The Kier molecular flexibility index (Phi) is 4.39. The highest BCUT2D eigenvalue weighted by Crippen LogP contribution is 2.19. The molecule has 4 rings (SSSR count). The molecule has 1 aliphatic heterocycles. The van der Waals surface area contributed by atoms with Gasteiger partial charge in [-0.25, -0.2) is 0 Å². The number of benzene rings is 2. The molecular formula is C20H20N4O2. The van der Waals surface area contributed by atoms with Gasteiger partial charge in [0, 0.05) is 18.7 Å². The molecule has 0 aliphatic carbocycles. The molecule has 0 saturated heterocycles. The summed E-state index contributed by atoms with van der Waals surface area (Å²) in [5.41, 5.74) is 1.72. The second-order valence-corrected chi connectivity index (χ2v) is 6.34. The molecule has 0 spiro atoms. The van der Waals surface area contributed by atoms with E-state index in [9.17, 15) is 4.79 Å². The maximum absolute atomic E-state index is 12.9. The number of ether oxygens (including phenoxy) is 1. The van der Waals surface area contributed by atoms with Gasteiger partial charge in [-0.1, -0.05) is 36.4 Å². The van der Waals surface area contributed by atoms with Crippen LogP contribution in [0.1, 0.15) is 27.6 Å². The normalized spacial score (nSPS) is 13.3. The second-order valence-electron chi connectivity index (χ2n) is 6.34. The van der Waals surface area contributed by atoms with E-state index in [0.717, 1.165) is 23.8 Å². The van der Waals surface area contributed by atoms with Gasteiger partial charge in [-0.3, -0.25) is 4.79 Å². The number of carbonyl (C=O) groups excluding carboxylic acids is 1. The van der Waals surface area contributed by atoms with E-state index in [1.807, 2.05) is 55.5 Å². The largest absolute Gasteiger partial charge is 0.489 e. The summed E-state index contributed by atoms with van der Waals surface area (Å²) >= 11 is 0. The molecule has 0 radical (unpaired) electrons. The fourth-order valence-corrected chi connectivity index (χ4v) is 3.12. The molecule has 0 fully saturated rings. The van der Waals surface area contributed by atoms with Crippen molar-refractivity contribution in [2.45, 2.75) is 26.6 Å². The highest BCUT2D eigenvalue weighted by Gasteiger charge is 2.24. The molecule has 1 aromatic heterocycles. The Hall–Kier alpha value is -3.15. The van der Waals surface area contributed by atoms with E-state index in [2.05, 4.69) is 14.8 Å². The Labute approximate surface area is 152 Å². The fraction of sp³-hybridized carbons (Fsp3) is 0.250. The van der Waals surface area contributed by atoms with Gasteiger partial charge in [0.2, 0.25) is 0 Å². The number of amides is 1. The lowest BCUT2D eigenvalue weighted by Gasteiger charge is -2.27. The molecule has 1 amide bonds. The molecule has 0 saturated carbocycles. The van der Waals surface area contributed by atoms with Crippen LogP contribution in [0, 0.1) is 6.92 Å². The molecule has 3 aromatic rings. The average molecular weight is 348 g/mol. The van der Waals surface area contributed by atoms with Crippen molar-refractivity contribution in [2.75, 3.05) is 6.54 Å². The Morgan fingerprint density at radius 2 is 1.92 bits per heavy atom. The van der Waals surface area contributed by atoms with Crippen LogP contribution in [0.2, 0.25) is 0 Å². The van der Waals surface area contributed by atoms with E-state index < -0.39 is 0 Å².